The van der Waals surface area contributed by atoms with Crippen LogP contribution in [-0.4, -0.2) is 17.6 Å². The number of esters is 1. The zero-order valence-electron chi connectivity index (χ0n) is 8.91. The van der Waals surface area contributed by atoms with Gasteiger partial charge in [-0.05, 0) is 31.2 Å². The Bertz CT molecular complexity index is 575. The molecule has 3 nitrogen and oxygen atoms in total. The predicted octanol–water partition coefficient (Wildman–Crippen LogP) is 2.33. The summed E-state index contributed by atoms with van der Waals surface area (Å²) in [7, 11) is 0. The predicted molar refractivity (Wildman–Crippen MR) is 62.2 cm³/mol. The number of carbonyl (C=O) groups excluding carboxylic acids is 1. The highest BCUT2D eigenvalue weighted by Crippen LogP contribution is 2.17. The number of aromatic amines is 1. The molecule has 0 bridgehead atoms. The van der Waals surface area contributed by atoms with E-state index in [1.165, 1.54) is 0 Å². The second kappa shape index (κ2) is 4.11. The van der Waals surface area contributed by atoms with Crippen LogP contribution in [0.3, 0.4) is 0 Å². The Morgan fingerprint density at radius 3 is 3.00 bits per heavy atom. The van der Waals surface area contributed by atoms with Crippen molar-refractivity contribution in [1.29, 1.82) is 0 Å². The van der Waals surface area contributed by atoms with E-state index in [1.807, 2.05) is 18.2 Å². The number of hydrogen-bond donors (Lipinski definition) is 1. The van der Waals surface area contributed by atoms with Gasteiger partial charge in [-0.15, -0.1) is 6.42 Å². The van der Waals surface area contributed by atoms with Crippen molar-refractivity contribution in [3.63, 3.8) is 0 Å². The van der Waals surface area contributed by atoms with Gasteiger partial charge in [-0.2, -0.15) is 0 Å². The number of benzene rings is 1. The van der Waals surface area contributed by atoms with Crippen LogP contribution in [0.5, 0.6) is 0 Å². The quantitative estimate of drug-likeness (QED) is 0.614. The molecular formula is C13H11NO2. The zero-order chi connectivity index (χ0) is 11.5. The van der Waals surface area contributed by atoms with Crippen molar-refractivity contribution in [2.24, 2.45) is 0 Å². The molecule has 16 heavy (non-hydrogen) atoms. The first kappa shape index (κ1) is 10.3. The third-order valence-electron chi connectivity index (χ3n) is 2.28. The van der Waals surface area contributed by atoms with Crippen molar-refractivity contribution in [1.82, 2.24) is 4.98 Å². The maximum absolute atomic E-state index is 11.5. The normalized spacial score (nSPS) is 10.0. The fourth-order valence-electron chi connectivity index (χ4n) is 1.54. The van der Waals surface area contributed by atoms with Crippen molar-refractivity contribution < 1.29 is 9.53 Å². The lowest BCUT2D eigenvalue weighted by Gasteiger charge is -1.96. The smallest absolute Gasteiger partial charge is 0.354 e. The molecule has 0 radical (unpaired) electrons. The van der Waals surface area contributed by atoms with Crippen LogP contribution in [0.1, 0.15) is 23.0 Å². The van der Waals surface area contributed by atoms with Gasteiger partial charge >= 0.3 is 5.97 Å². The number of H-pyrrole nitrogens is 1. The number of hydrogen-bond acceptors (Lipinski definition) is 2. The number of fused-ring (bicyclic) bond motifs is 1. The van der Waals surface area contributed by atoms with E-state index in [2.05, 4.69) is 10.9 Å². The molecule has 0 fully saturated rings. The molecule has 0 aliphatic carbocycles. The lowest BCUT2D eigenvalue weighted by atomic mass is 10.2. The minimum Gasteiger partial charge on any atom is -0.461 e. The van der Waals surface area contributed by atoms with Gasteiger partial charge < -0.3 is 9.72 Å². The number of nitrogens with one attached hydrogen (secondary N) is 1. The monoisotopic (exact) mass is 213 g/mol. The summed E-state index contributed by atoms with van der Waals surface area (Å²) in [5, 5.41) is 0.915. The van der Waals surface area contributed by atoms with Gasteiger partial charge in [0.1, 0.15) is 5.69 Å². The van der Waals surface area contributed by atoms with E-state index >= 15 is 0 Å². The maximum Gasteiger partial charge on any atom is 0.354 e. The fraction of sp³-hybridized carbons (Fsp3) is 0.154. The first-order chi connectivity index (χ1) is 7.74. The maximum atomic E-state index is 11.5. The van der Waals surface area contributed by atoms with Crippen LogP contribution in [0.4, 0.5) is 0 Å². The topological polar surface area (TPSA) is 42.1 Å². The molecule has 0 aliphatic heterocycles. The number of terminal acetylenes is 1. The van der Waals surface area contributed by atoms with Gasteiger partial charge in [0.25, 0.3) is 0 Å². The van der Waals surface area contributed by atoms with Gasteiger partial charge in [0.2, 0.25) is 0 Å². The third-order valence-corrected chi connectivity index (χ3v) is 2.28. The van der Waals surface area contributed by atoms with E-state index in [-0.39, 0.29) is 5.97 Å². The van der Waals surface area contributed by atoms with E-state index in [1.54, 1.807) is 13.0 Å². The standard InChI is InChI=1S/C13H11NO2/c1-3-9-5-6-11-10(7-9)8-12(14-11)13(15)16-4-2/h1,5-8,14H,4H2,2H3. The van der Waals surface area contributed by atoms with Crippen molar-refractivity contribution >= 4 is 16.9 Å². The summed E-state index contributed by atoms with van der Waals surface area (Å²) in [5.41, 5.74) is 2.12. The summed E-state index contributed by atoms with van der Waals surface area (Å²) < 4.78 is 4.90. The van der Waals surface area contributed by atoms with Crippen molar-refractivity contribution in [3.05, 3.63) is 35.5 Å². The molecule has 2 rings (SSSR count). The molecule has 1 aromatic heterocycles. The molecule has 0 saturated heterocycles. The van der Waals surface area contributed by atoms with Crippen molar-refractivity contribution in [3.8, 4) is 12.3 Å². The van der Waals surface area contributed by atoms with Gasteiger partial charge in [-0.25, -0.2) is 4.79 Å². The largest absolute Gasteiger partial charge is 0.461 e. The van der Waals surface area contributed by atoms with Gasteiger partial charge in [0.05, 0.1) is 6.61 Å². The first-order valence-electron chi connectivity index (χ1n) is 5.01. The second-order valence-corrected chi connectivity index (χ2v) is 3.35. The molecule has 3 heteroatoms. The fourth-order valence-corrected chi connectivity index (χ4v) is 1.54. The van der Waals surface area contributed by atoms with Crippen LogP contribution in [0, 0.1) is 12.3 Å². The number of aromatic nitrogens is 1. The lowest BCUT2D eigenvalue weighted by Crippen LogP contribution is -2.04. The highest BCUT2D eigenvalue weighted by atomic mass is 16.5. The Kier molecular flexibility index (Phi) is 2.65. The molecule has 0 spiro atoms. The summed E-state index contributed by atoms with van der Waals surface area (Å²) in [5.74, 6) is 2.21. The van der Waals surface area contributed by atoms with Crippen LogP contribution in [0.15, 0.2) is 24.3 Å². The number of carbonyl (C=O) groups is 1. The Hall–Kier alpha value is -2.21. The highest BCUT2D eigenvalue weighted by Gasteiger charge is 2.09. The molecule has 1 N–H and O–H groups in total. The third kappa shape index (κ3) is 1.78. The summed E-state index contributed by atoms with van der Waals surface area (Å²) in [6.07, 6.45) is 5.30. The van der Waals surface area contributed by atoms with E-state index < -0.39 is 0 Å². The summed E-state index contributed by atoms with van der Waals surface area (Å²) >= 11 is 0. The molecule has 80 valence electrons. The summed E-state index contributed by atoms with van der Waals surface area (Å²) in [6.45, 7) is 2.14. The van der Waals surface area contributed by atoms with Crippen molar-refractivity contribution in [2.75, 3.05) is 6.61 Å². The molecule has 0 amide bonds. The Morgan fingerprint density at radius 2 is 2.31 bits per heavy atom. The van der Waals surface area contributed by atoms with Crippen LogP contribution in [0.25, 0.3) is 10.9 Å². The molecule has 1 heterocycles. The van der Waals surface area contributed by atoms with Crippen LogP contribution in [-0.2, 0) is 4.74 Å². The summed E-state index contributed by atoms with van der Waals surface area (Å²) in [4.78, 5) is 14.5. The lowest BCUT2D eigenvalue weighted by molar-refractivity contribution is 0.0520. The van der Waals surface area contributed by atoms with Gasteiger partial charge in [-0.3, -0.25) is 0 Å². The summed E-state index contributed by atoms with van der Waals surface area (Å²) in [6, 6.07) is 7.28. The van der Waals surface area contributed by atoms with Crippen LogP contribution < -0.4 is 0 Å². The minimum atomic E-state index is -0.346. The van der Waals surface area contributed by atoms with E-state index in [0.29, 0.717) is 12.3 Å². The van der Waals surface area contributed by atoms with Crippen molar-refractivity contribution in [2.45, 2.75) is 6.92 Å². The number of rotatable bonds is 2. The minimum absolute atomic E-state index is 0.346. The molecule has 0 aliphatic rings. The molecule has 0 atom stereocenters. The van der Waals surface area contributed by atoms with E-state index in [9.17, 15) is 4.79 Å². The van der Waals surface area contributed by atoms with Crippen LogP contribution >= 0.6 is 0 Å². The Morgan fingerprint density at radius 1 is 1.50 bits per heavy atom. The van der Waals surface area contributed by atoms with E-state index in [0.717, 1.165) is 16.5 Å². The average Bonchev–Trinajstić information content (AvgIpc) is 2.71. The Labute approximate surface area is 93.4 Å². The first-order valence-corrected chi connectivity index (χ1v) is 5.01. The zero-order valence-corrected chi connectivity index (χ0v) is 8.91. The molecule has 2 aromatic rings. The highest BCUT2D eigenvalue weighted by molar-refractivity contribution is 5.95. The second-order valence-electron chi connectivity index (χ2n) is 3.35. The number of ether oxygens (including phenoxy) is 1. The van der Waals surface area contributed by atoms with Crippen LogP contribution in [0.2, 0.25) is 0 Å². The molecule has 0 saturated carbocycles. The van der Waals surface area contributed by atoms with E-state index in [4.69, 9.17) is 11.2 Å². The molecule has 0 unspecified atom stereocenters. The van der Waals surface area contributed by atoms with Gasteiger partial charge in [-0.1, -0.05) is 5.92 Å². The Balaban J connectivity index is 2.44. The molecular weight excluding hydrogens is 202 g/mol. The van der Waals surface area contributed by atoms with Gasteiger partial charge in [0, 0.05) is 16.5 Å². The SMILES string of the molecule is C#Cc1ccc2[nH]c(C(=O)OCC)cc2c1. The van der Waals surface area contributed by atoms with Gasteiger partial charge in [0.15, 0.2) is 0 Å². The molecule has 1 aromatic carbocycles. The average molecular weight is 213 g/mol.